The van der Waals surface area contributed by atoms with E-state index in [1.165, 1.54) is 0 Å². The molecule has 0 bridgehead atoms. The van der Waals surface area contributed by atoms with Crippen molar-refractivity contribution in [3.8, 4) is 17.2 Å². The van der Waals surface area contributed by atoms with Crippen LogP contribution < -0.4 is 19.5 Å². The number of hydrogen-bond donors (Lipinski definition) is 1. The highest BCUT2D eigenvalue weighted by molar-refractivity contribution is 5.78. The van der Waals surface area contributed by atoms with Crippen molar-refractivity contribution >= 4 is 5.91 Å². The summed E-state index contributed by atoms with van der Waals surface area (Å²) >= 11 is 0. The van der Waals surface area contributed by atoms with Crippen LogP contribution in [0.3, 0.4) is 0 Å². The number of amides is 1. The first kappa shape index (κ1) is 18.6. The van der Waals surface area contributed by atoms with Gasteiger partial charge in [-0.05, 0) is 51.1 Å². The molecule has 0 saturated carbocycles. The van der Waals surface area contributed by atoms with E-state index < -0.39 is 0 Å². The molecular formula is C20H25NO4. The molecule has 0 fully saturated rings. The van der Waals surface area contributed by atoms with Crippen molar-refractivity contribution in [2.75, 3.05) is 20.3 Å². The summed E-state index contributed by atoms with van der Waals surface area (Å²) in [4.78, 5) is 12.2. The summed E-state index contributed by atoms with van der Waals surface area (Å²) in [6.45, 7) is 6.42. The van der Waals surface area contributed by atoms with E-state index in [1.54, 1.807) is 19.2 Å². The Kier molecular flexibility index (Phi) is 6.69. The lowest BCUT2D eigenvalue weighted by Gasteiger charge is -2.18. The lowest BCUT2D eigenvalue weighted by atomic mass is 10.0. The van der Waals surface area contributed by atoms with E-state index in [-0.39, 0.29) is 18.6 Å². The lowest BCUT2D eigenvalue weighted by molar-refractivity contribution is -0.123. The molecule has 2 aromatic rings. The van der Waals surface area contributed by atoms with Crippen LogP contribution in [0.15, 0.2) is 42.5 Å². The highest BCUT2D eigenvalue weighted by atomic mass is 16.5. The third-order valence-electron chi connectivity index (χ3n) is 3.73. The monoisotopic (exact) mass is 343 g/mol. The normalized spacial score (nSPS) is 11.5. The van der Waals surface area contributed by atoms with Crippen LogP contribution in [0.1, 0.15) is 31.0 Å². The van der Waals surface area contributed by atoms with Crippen LogP contribution in [0.25, 0.3) is 0 Å². The van der Waals surface area contributed by atoms with E-state index >= 15 is 0 Å². The van der Waals surface area contributed by atoms with Gasteiger partial charge < -0.3 is 19.5 Å². The molecule has 1 amide bonds. The summed E-state index contributed by atoms with van der Waals surface area (Å²) in [5, 5.41) is 2.93. The van der Waals surface area contributed by atoms with Crippen molar-refractivity contribution in [2.45, 2.75) is 26.8 Å². The molecule has 0 spiro atoms. The highest BCUT2D eigenvalue weighted by Crippen LogP contribution is 2.26. The number of nitrogens with one attached hydrogen (secondary N) is 1. The zero-order valence-corrected chi connectivity index (χ0v) is 15.2. The second-order valence-corrected chi connectivity index (χ2v) is 5.73. The average molecular weight is 343 g/mol. The van der Waals surface area contributed by atoms with Crippen LogP contribution in [0.5, 0.6) is 17.2 Å². The summed E-state index contributed by atoms with van der Waals surface area (Å²) in [7, 11) is 1.62. The van der Waals surface area contributed by atoms with Gasteiger partial charge in [-0.3, -0.25) is 4.79 Å². The fourth-order valence-electron chi connectivity index (χ4n) is 2.50. The summed E-state index contributed by atoms with van der Waals surface area (Å²) < 4.78 is 16.3. The maximum atomic E-state index is 12.2. The minimum Gasteiger partial charge on any atom is -0.496 e. The van der Waals surface area contributed by atoms with Gasteiger partial charge in [-0.2, -0.15) is 0 Å². The number of aryl methyl sites for hydroxylation is 1. The molecule has 0 radical (unpaired) electrons. The number of benzene rings is 2. The Morgan fingerprint density at radius 2 is 1.72 bits per heavy atom. The molecular weight excluding hydrogens is 318 g/mol. The average Bonchev–Trinajstić information content (AvgIpc) is 2.61. The van der Waals surface area contributed by atoms with Gasteiger partial charge >= 0.3 is 0 Å². The second-order valence-electron chi connectivity index (χ2n) is 5.73. The van der Waals surface area contributed by atoms with Crippen LogP contribution >= 0.6 is 0 Å². The fourth-order valence-corrected chi connectivity index (χ4v) is 2.50. The van der Waals surface area contributed by atoms with Crippen LogP contribution in [-0.2, 0) is 4.79 Å². The maximum absolute atomic E-state index is 12.2. The number of rotatable bonds is 8. The van der Waals surface area contributed by atoms with Gasteiger partial charge in [0.2, 0.25) is 0 Å². The molecule has 134 valence electrons. The van der Waals surface area contributed by atoms with Crippen LogP contribution in [-0.4, -0.2) is 26.2 Å². The van der Waals surface area contributed by atoms with Crippen molar-refractivity contribution in [1.29, 1.82) is 0 Å². The first-order chi connectivity index (χ1) is 12.0. The van der Waals surface area contributed by atoms with E-state index in [4.69, 9.17) is 14.2 Å². The van der Waals surface area contributed by atoms with Crippen molar-refractivity contribution in [3.63, 3.8) is 0 Å². The molecule has 25 heavy (non-hydrogen) atoms. The van der Waals surface area contributed by atoms with E-state index in [2.05, 4.69) is 5.32 Å². The SMILES string of the molecule is CCOc1ccc(OCC(=O)N[C@@H](C)c2cc(C)ccc2OC)cc1. The molecule has 0 aliphatic carbocycles. The van der Waals surface area contributed by atoms with E-state index in [0.717, 1.165) is 22.6 Å². The third-order valence-corrected chi connectivity index (χ3v) is 3.73. The summed E-state index contributed by atoms with van der Waals surface area (Å²) in [6.07, 6.45) is 0. The maximum Gasteiger partial charge on any atom is 0.258 e. The summed E-state index contributed by atoms with van der Waals surface area (Å²) in [5.41, 5.74) is 2.06. The molecule has 0 aromatic heterocycles. The first-order valence-electron chi connectivity index (χ1n) is 8.33. The first-order valence-corrected chi connectivity index (χ1v) is 8.33. The Balaban J connectivity index is 1.90. The van der Waals surface area contributed by atoms with Gasteiger partial charge in [-0.1, -0.05) is 17.7 Å². The predicted molar refractivity (Wildman–Crippen MR) is 97.4 cm³/mol. The fraction of sp³-hybridized carbons (Fsp3) is 0.350. The smallest absolute Gasteiger partial charge is 0.258 e. The number of methoxy groups -OCH3 is 1. The summed E-state index contributed by atoms with van der Waals surface area (Å²) in [6, 6.07) is 12.9. The standard InChI is InChI=1S/C20H25NO4/c1-5-24-16-7-9-17(10-8-16)25-13-20(22)21-15(3)18-12-14(2)6-11-19(18)23-4/h6-12,15H,5,13H2,1-4H3,(H,21,22)/t15-/m0/s1. The minimum absolute atomic E-state index is 0.0492. The highest BCUT2D eigenvalue weighted by Gasteiger charge is 2.14. The van der Waals surface area contributed by atoms with Crippen LogP contribution in [0.2, 0.25) is 0 Å². The number of hydrogen-bond acceptors (Lipinski definition) is 4. The Morgan fingerprint density at radius 3 is 2.32 bits per heavy atom. The topological polar surface area (TPSA) is 56.8 Å². The van der Waals surface area contributed by atoms with Gasteiger partial charge in [0, 0.05) is 5.56 Å². The van der Waals surface area contributed by atoms with Crippen molar-refractivity contribution in [3.05, 3.63) is 53.6 Å². The largest absolute Gasteiger partial charge is 0.496 e. The molecule has 0 unspecified atom stereocenters. The molecule has 2 aromatic carbocycles. The predicted octanol–water partition coefficient (Wildman–Crippen LogP) is 3.66. The number of ether oxygens (including phenoxy) is 3. The Hall–Kier alpha value is -2.69. The van der Waals surface area contributed by atoms with Gasteiger partial charge in [0.25, 0.3) is 5.91 Å². The molecule has 0 aliphatic rings. The molecule has 1 N–H and O–H groups in total. The van der Waals surface area contributed by atoms with Gasteiger partial charge in [0.15, 0.2) is 6.61 Å². The Bertz CT molecular complexity index is 697. The van der Waals surface area contributed by atoms with Gasteiger partial charge in [0.05, 0.1) is 19.8 Å². The zero-order valence-electron chi connectivity index (χ0n) is 15.2. The Morgan fingerprint density at radius 1 is 1.08 bits per heavy atom. The third kappa shape index (κ3) is 5.41. The zero-order chi connectivity index (χ0) is 18.2. The quantitative estimate of drug-likeness (QED) is 0.795. The van der Waals surface area contributed by atoms with E-state index in [0.29, 0.717) is 12.4 Å². The van der Waals surface area contributed by atoms with Crippen LogP contribution in [0.4, 0.5) is 0 Å². The number of carbonyl (C=O) groups excluding carboxylic acids is 1. The molecule has 0 heterocycles. The van der Waals surface area contributed by atoms with E-state index in [9.17, 15) is 4.79 Å². The molecule has 2 rings (SSSR count). The molecule has 0 aliphatic heterocycles. The van der Waals surface area contributed by atoms with Crippen LogP contribution in [0, 0.1) is 6.92 Å². The van der Waals surface area contributed by atoms with Crippen molar-refractivity contribution < 1.29 is 19.0 Å². The second kappa shape index (κ2) is 8.97. The van der Waals surface area contributed by atoms with Gasteiger partial charge in [0.1, 0.15) is 17.2 Å². The summed E-state index contributed by atoms with van der Waals surface area (Å²) in [5.74, 6) is 1.97. The number of carbonyl (C=O) groups is 1. The molecule has 5 nitrogen and oxygen atoms in total. The minimum atomic E-state index is -0.190. The van der Waals surface area contributed by atoms with E-state index in [1.807, 2.05) is 51.1 Å². The molecule has 5 heteroatoms. The Labute approximate surface area is 148 Å². The van der Waals surface area contributed by atoms with Gasteiger partial charge in [-0.15, -0.1) is 0 Å². The van der Waals surface area contributed by atoms with Crippen molar-refractivity contribution in [2.24, 2.45) is 0 Å². The van der Waals surface area contributed by atoms with Crippen molar-refractivity contribution in [1.82, 2.24) is 5.32 Å². The van der Waals surface area contributed by atoms with Gasteiger partial charge in [-0.25, -0.2) is 0 Å². The molecule has 0 saturated heterocycles. The molecule has 1 atom stereocenters. The lowest BCUT2D eigenvalue weighted by Crippen LogP contribution is -2.31.